The van der Waals surface area contributed by atoms with Crippen molar-refractivity contribution in [3.8, 4) is 29.1 Å². The lowest BCUT2D eigenvalue weighted by Crippen LogP contribution is -2.34. The third-order valence-electron chi connectivity index (χ3n) is 5.40. The van der Waals surface area contributed by atoms with Gasteiger partial charge >= 0.3 is 0 Å². The van der Waals surface area contributed by atoms with Crippen molar-refractivity contribution in [2.24, 2.45) is 0 Å². The van der Waals surface area contributed by atoms with Crippen molar-refractivity contribution in [1.29, 1.82) is 5.26 Å². The minimum Gasteiger partial charge on any atom is -0.454 e. The second-order valence-electron chi connectivity index (χ2n) is 6.70. The maximum absolute atomic E-state index is 9.89. The number of hydrogen-bond donors (Lipinski definition) is 0. The van der Waals surface area contributed by atoms with E-state index in [0.29, 0.717) is 5.75 Å². The molecular formula is C20H14N2O4. The molecule has 26 heavy (non-hydrogen) atoms. The highest BCUT2D eigenvalue weighted by molar-refractivity contribution is 5.88. The summed E-state index contributed by atoms with van der Waals surface area (Å²) < 4.78 is 22.1. The van der Waals surface area contributed by atoms with Crippen molar-refractivity contribution in [3.63, 3.8) is 0 Å². The van der Waals surface area contributed by atoms with Crippen LogP contribution in [0.2, 0.25) is 0 Å². The fourth-order valence-corrected chi connectivity index (χ4v) is 4.16. The number of nitriles is 1. The summed E-state index contributed by atoms with van der Waals surface area (Å²) >= 11 is 0. The summed E-state index contributed by atoms with van der Waals surface area (Å²) in [7, 11) is 0. The molecule has 0 fully saturated rings. The molecule has 0 aliphatic carbocycles. The molecule has 128 valence electrons. The average molecular weight is 346 g/mol. The van der Waals surface area contributed by atoms with Crippen LogP contribution < -0.4 is 18.9 Å². The van der Waals surface area contributed by atoms with E-state index in [1.165, 1.54) is 5.56 Å². The molecule has 0 spiro atoms. The minimum absolute atomic E-state index is 0.224. The molecule has 0 aromatic heterocycles. The van der Waals surface area contributed by atoms with Crippen LogP contribution in [0.15, 0.2) is 24.3 Å². The third-order valence-corrected chi connectivity index (χ3v) is 5.40. The van der Waals surface area contributed by atoms with Crippen molar-refractivity contribution >= 4 is 11.8 Å². The predicted octanol–water partition coefficient (Wildman–Crippen LogP) is 3.08. The summed E-state index contributed by atoms with van der Waals surface area (Å²) in [6.45, 7) is 1.26. The number of benzene rings is 2. The fraction of sp³-hybridized carbons (Fsp3) is 0.250. The number of ether oxygens (including phenoxy) is 4. The Kier molecular flexibility index (Phi) is 2.60. The first-order chi connectivity index (χ1) is 12.8. The second-order valence-corrected chi connectivity index (χ2v) is 6.70. The van der Waals surface area contributed by atoms with Gasteiger partial charge in [0.2, 0.25) is 13.6 Å². The highest BCUT2D eigenvalue weighted by Gasteiger charge is 2.35. The molecule has 0 saturated carbocycles. The molecule has 0 radical (unpaired) electrons. The van der Waals surface area contributed by atoms with Crippen molar-refractivity contribution in [2.45, 2.75) is 12.5 Å². The largest absolute Gasteiger partial charge is 0.454 e. The molecule has 0 bridgehead atoms. The minimum atomic E-state index is -0.349. The van der Waals surface area contributed by atoms with E-state index >= 15 is 0 Å². The molecular weight excluding hydrogens is 332 g/mol. The Labute approximate surface area is 149 Å². The Morgan fingerprint density at radius 2 is 1.62 bits per heavy atom. The van der Waals surface area contributed by atoms with E-state index in [4.69, 9.17) is 18.9 Å². The molecule has 4 heterocycles. The van der Waals surface area contributed by atoms with Gasteiger partial charge < -0.3 is 23.8 Å². The van der Waals surface area contributed by atoms with Crippen LogP contribution in [-0.4, -0.2) is 25.0 Å². The van der Waals surface area contributed by atoms with Crippen LogP contribution in [-0.2, 0) is 6.42 Å². The van der Waals surface area contributed by atoms with Gasteiger partial charge in [-0.2, -0.15) is 5.26 Å². The third kappa shape index (κ3) is 1.75. The average Bonchev–Trinajstić information content (AvgIpc) is 3.30. The first-order valence-corrected chi connectivity index (χ1v) is 8.56. The number of rotatable bonds is 0. The molecule has 6 heteroatoms. The van der Waals surface area contributed by atoms with Crippen molar-refractivity contribution in [2.75, 3.05) is 20.1 Å². The van der Waals surface area contributed by atoms with Crippen LogP contribution in [0.4, 0.5) is 0 Å². The zero-order chi connectivity index (χ0) is 17.3. The Morgan fingerprint density at radius 1 is 0.923 bits per heavy atom. The smallest absolute Gasteiger partial charge is 0.231 e. The van der Waals surface area contributed by atoms with Crippen molar-refractivity contribution in [1.82, 2.24) is 4.90 Å². The maximum atomic E-state index is 9.89. The Balaban J connectivity index is 1.57. The fourth-order valence-electron chi connectivity index (χ4n) is 4.16. The van der Waals surface area contributed by atoms with Gasteiger partial charge in [-0.15, -0.1) is 0 Å². The molecule has 4 aliphatic heterocycles. The molecule has 6 rings (SSSR count). The number of fused-ring (bicyclic) bond motifs is 6. The summed E-state index contributed by atoms with van der Waals surface area (Å²) in [5.41, 5.74) is 5.33. The SMILES string of the molecule is N#CC1c2cc3c(cc2C=C2c4cc5c(cc4CCN21)OCO5)OCO3. The van der Waals surface area contributed by atoms with Gasteiger partial charge in [-0.1, -0.05) is 0 Å². The van der Waals surface area contributed by atoms with E-state index < -0.39 is 0 Å². The molecule has 4 aliphatic rings. The van der Waals surface area contributed by atoms with Crippen LogP contribution in [0.5, 0.6) is 23.0 Å². The van der Waals surface area contributed by atoms with E-state index in [1.54, 1.807) is 0 Å². The summed E-state index contributed by atoms with van der Waals surface area (Å²) in [4.78, 5) is 2.16. The molecule has 6 nitrogen and oxygen atoms in total. The summed E-state index contributed by atoms with van der Waals surface area (Å²) in [6.07, 6.45) is 2.99. The van der Waals surface area contributed by atoms with Gasteiger partial charge in [0, 0.05) is 23.4 Å². The van der Waals surface area contributed by atoms with E-state index in [0.717, 1.165) is 52.6 Å². The lowest BCUT2D eigenvalue weighted by Gasteiger charge is -2.40. The van der Waals surface area contributed by atoms with Gasteiger partial charge in [0.25, 0.3) is 0 Å². The quantitative estimate of drug-likeness (QED) is 0.730. The number of hydrogen-bond acceptors (Lipinski definition) is 6. The van der Waals surface area contributed by atoms with Gasteiger partial charge in [-0.3, -0.25) is 0 Å². The Hall–Kier alpha value is -3.33. The molecule has 0 saturated heterocycles. The zero-order valence-electron chi connectivity index (χ0n) is 13.8. The lowest BCUT2D eigenvalue weighted by molar-refractivity contribution is 0.173. The summed E-state index contributed by atoms with van der Waals surface area (Å²) in [5.74, 6) is 3.00. The second kappa shape index (κ2) is 4.85. The van der Waals surface area contributed by atoms with Crippen LogP contribution in [0.25, 0.3) is 11.8 Å². The number of nitrogens with zero attached hydrogens (tertiary/aromatic N) is 2. The van der Waals surface area contributed by atoms with Crippen LogP contribution in [0.3, 0.4) is 0 Å². The molecule has 1 atom stereocenters. The maximum Gasteiger partial charge on any atom is 0.231 e. The van der Waals surface area contributed by atoms with Crippen LogP contribution in [0, 0.1) is 11.3 Å². The van der Waals surface area contributed by atoms with E-state index in [1.807, 2.05) is 18.2 Å². The topological polar surface area (TPSA) is 64.0 Å². The van der Waals surface area contributed by atoms with E-state index in [-0.39, 0.29) is 19.6 Å². The van der Waals surface area contributed by atoms with E-state index in [9.17, 15) is 5.26 Å². The van der Waals surface area contributed by atoms with Gasteiger partial charge in [-0.25, -0.2) is 0 Å². The Morgan fingerprint density at radius 3 is 2.38 bits per heavy atom. The highest BCUT2D eigenvalue weighted by Crippen LogP contribution is 2.48. The standard InChI is InChI=1S/C20H14N2O4/c21-8-16-14-7-20-18(24-10-26-20)5-12(14)3-15-13-6-19-17(23-9-25-19)4-11(13)1-2-22(15)16/h3-7,16H,1-2,9-10H2. The van der Waals surface area contributed by atoms with Crippen LogP contribution >= 0.6 is 0 Å². The molecule has 0 N–H and O–H groups in total. The monoisotopic (exact) mass is 346 g/mol. The van der Waals surface area contributed by atoms with Crippen molar-refractivity contribution in [3.05, 3.63) is 46.5 Å². The van der Waals surface area contributed by atoms with Crippen molar-refractivity contribution < 1.29 is 18.9 Å². The van der Waals surface area contributed by atoms with E-state index in [2.05, 4.69) is 23.1 Å². The first kappa shape index (κ1) is 13.9. The Bertz CT molecular complexity index is 1040. The van der Waals surface area contributed by atoms with Gasteiger partial charge in [0.1, 0.15) is 6.04 Å². The van der Waals surface area contributed by atoms with Gasteiger partial charge in [0.15, 0.2) is 23.0 Å². The summed E-state index contributed by atoms with van der Waals surface area (Å²) in [5, 5.41) is 9.89. The lowest BCUT2D eigenvalue weighted by atomic mass is 9.87. The first-order valence-electron chi connectivity index (χ1n) is 8.56. The predicted molar refractivity (Wildman–Crippen MR) is 91.8 cm³/mol. The molecule has 2 aromatic carbocycles. The molecule has 1 unspecified atom stereocenters. The summed E-state index contributed by atoms with van der Waals surface area (Å²) in [6, 6.07) is 10.1. The van der Waals surface area contributed by atoms with Gasteiger partial charge in [0.05, 0.1) is 6.07 Å². The molecule has 0 amide bonds. The molecule has 2 aromatic rings. The van der Waals surface area contributed by atoms with Gasteiger partial charge in [-0.05, 0) is 47.9 Å². The normalized spacial score (nSPS) is 20.7. The zero-order valence-corrected chi connectivity index (χ0v) is 13.8. The van der Waals surface area contributed by atoms with Crippen LogP contribution in [0.1, 0.15) is 28.3 Å². The highest BCUT2D eigenvalue weighted by atomic mass is 16.7.